The molecule has 2 aliphatic heterocycles. The van der Waals surface area contributed by atoms with E-state index in [9.17, 15) is 38.5 Å². The van der Waals surface area contributed by atoms with Gasteiger partial charge in [0.1, 0.15) is 30.5 Å². The van der Waals surface area contributed by atoms with E-state index in [1.165, 1.54) is 5.57 Å². The molecule has 0 aromatic carbocycles. The third-order valence-corrected chi connectivity index (χ3v) is 13.3. The fourth-order valence-corrected chi connectivity index (χ4v) is 11.0. The van der Waals surface area contributed by atoms with Gasteiger partial charge >= 0.3 is 29.6 Å². The maximum atomic E-state index is 11.7. The molecular formula is C33H51NaO12S. The summed E-state index contributed by atoms with van der Waals surface area (Å²) in [6, 6.07) is 0. The van der Waals surface area contributed by atoms with Gasteiger partial charge in [0.25, 0.3) is 0 Å². The largest absolute Gasteiger partial charge is 1.00 e. The molecule has 15 atom stereocenters. The van der Waals surface area contributed by atoms with Crippen molar-refractivity contribution in [2.45, 2.75) is 128 Å². The molecule has 4 fully saturated rings. The summed E-state index contributed by atoms with van der Waals surface area (Å²) >= 11 is 0. The monoisotopic (exact) mass is 694 g/mol. The molecule has 262 valence electrons. The van der Waals surface area contributed by atoms with Crippen LogP contribution in [0.1, 0.15) is 79.1 Å². The molecule has 5 N–H and O–H groups in total. The molecule has 1 saturated heterocycles. The Balaban J connectivity index is 0.00000433. The number of rotatable bonds is 9. The molecule has 4 aliphatic carbocycles. The first kappa shape index (κ1) is 38.1. The third-order valence-electron chi connectivity index (χ3n) is 12.8. The van der Waals surface area contributed by atoms with Crippen molar-refractivity contribution in [2.24, 2.45) is 40.4 Å². The second-order valence-electron chi connectivity index (χ2n) is 15.4. The molecule has 12 nitrogen and oxygen atoms in total. The Bertz CT molecular complexity index is 1320. The van der Waals surface area contributed by atoms with Gasteiger partial charge in [0.2, 0.25) is 10.4 Å². The van der Waals surface area contributed by atoms with Crippen LogP contribution >= 0.6 is 0 Å². The Kier molecular flexibility index (Phi) is 11.4. The zero-order chi connectivity index (χ0) is 33.3. The van der Waals surface area contributed by atoms with Crippen LogP contribution in [0.5, 0.6) is 0 Å². The van der Waals surface area contributed by atoms with Gasteiger partial charge in [-0.2, -0.15) is 0 Å². The number of fused-ring (bicyclic) bond motifs is 7. The van der Waals surface area contributed by atoms with E-state index < -0.39 is 65.3 Å². The quantitative estimate of drug-likeness (QED) is 0.0848. The van der Waals surface area contributed by atoms with Crippen molar-refractivity contribution in [2.75, 3.05) is 13.2 Å². The van der Waals surface area contributed by atoms with E-state index >= 15 is 0 Å². The second-order valence-corrected chi connectivity index (χ2v) is 16.4. The second kappa shape index (κ2) is 14.1. The van der Waals surface area contributed by atoms with E-state index in [0.717, 1.165) is 49.9 Å². The van der Waals surface area contributed by atoms with Crippen LogP contribution in [0.2, 0.25) is 0 Å². The molecule has 14 heteroatoms. The van der Waals surface area contributed by atoms with E-state index in [1.54, 1.807) is 0 Å². The minimum Gasteiger partial charge on any atom is -0.726 e. The van der Waals surface area contributed by atoms with Crippen molar-refractivity contribution in [1.82, 2.24) is 0 Å². The molecule has 0 radical (unpaired) electrons. The summed E-state index contributed by atoms with van der Waals surface area (Å²) in [5.74, 6) is 2.21. The fourth-order valence-electron chi connectivity index (χ4n) is 10.5. The van der Waals surface area contributed by atoms with E-state index in [0.29, 0.717) is 18.3 Å². The summed E-state index contributed by atoms with van der Waals surface area (Å²) in [6.45, 7) is 8.39. The minimum atomic E-state index is -4.93. The average Bonchev–Trinajstić information content (AvgIpc) is 3.47. The van der Waals surface area contributed by atoms with Crippen LogP contribution in [0.3, 0.4) is 0 Å². The van der Waals surface area contributed by atoms with Crippen molar-refractivity contribution in [3.05, 3.63) is 23.0 Å². The molecule has 0 aromatic rings. The predicted octanol–water partition coefficient (Wildman–Crippen LogP) is -1.10. The fraction of sp³-hybridized carbons (Fsp3) is 0.879. The first-order valence-electron chi connectivity index (χ1n) is 16.9. The van der Waals surface area contributed by atoms with Gasteiger partial charge in [-0.15, -0.1) is 0 Å². The maximum Gasteiger partial charge on any atom is 1.00 e. The predicted molar refractivity (Wildman–Crippen MR) is 162 cm³/mol. The van der Waals surface area contributed by atoms with Gasteiger partial charge in [0.15, 0.2) is 6.29 Å². The van der Waals surface area contributed by atoms with Crippen molar-refractivity contribution < 1.29 is 86.5 Å². The smallest absolute Gasteiger partial charge is 0.726 e. The summed E-state index contributed by atoms with van der Waals surface area (Å²) in [4.78, 5) is 0. The number of aliphatic hydroxyl groups is 5. The van der Waals surface area contributed by atoms with E-state index in [2.05, 4.69) is 19.9 Å². The van der Waals surface area contributed by atoms with Gasteiger partial charge in [-0.25, -0.2) is 8.42 Å². The molecular weight excluding hydrogens is 643 g/mol. The zero-order valence-corrected chi connectivity index (χ0v) is 31.0. The van der Waals surface area contributed by atoms with E-state index in [4.69, 9.17) is 18.4 Å². The number of hydrogen-bond donors (Lipinski definition) is 5. The Labute approximate surface area is 300 Å². The summed E-state index contributed by atoms with van der Waals surface area (Å²) < 4.78 is 58.2. The first-order chi connectivity index (χ1) is 21.6. The summed E-state index contributed by atoms with van der Waals surface area (Å²) in [5, 5.41) is 50.2. The van der Waals surface area contributed by atoms with Gasteiger partial charge in [-0.05, 0) is 80.1 Å². The van der Waals surface area contributed by atoms with Crippen LogP contribution in [0.25, 0.3) is 0 Å². The van der Waals surface area contributed by atoms with Crippen LogP contribution in [-0.4, -0.2) is 101 Å². The third kappa shape index (κ3) is 6.81. The van der Waals surface area contributed by atoms with Gasteiger partial charge in [0.05, 0.1) is 31.2 Å². The van der Waals surface area contributed by atoms with Crippen molar-refractivity contribution in [3.8, 4) is 0 Å². The Morgan fingerprint density at radius 2 is 1.83 bits per heavy atom. The van der Waals surface area contributed by atoms with Crippen LogP contribution in [0, 0.1) is 40.4 Å². The van der Waals surface area contributed by atoms with Crippen molar-refractivity contribution in [3.63, 3.8) is 0 Å². The Morgan fingerprint density at radius 1 is 1.11 bits per heavy atom. The number of ether oxygens (including phenoxy) is 3. The molecule has 3 saturated carbocycles. The molecule has 2 heterocycles. The number of hydrogen-bond acceptors (Lipinski definition) is 12. The standard InChI is InChI=1S/C33H52O12S.Na/c1-16(15-42-31-30(38)29(37)28(36)25(14-34)44-31)5-8-23-17(2)27-24(43-23)13-22-20-7-6-18-11-19(35)12-26(45-46(39,40)41)33(18,4)21(20)9-10-32(22,27)3;/h6,16,19-22,24-31,34-38H,5,7-15H2,1-4H3,(H,39,40,41);/q;+1/p-1/t16?,19-,20-,21+,22+,24+,25-,26-,27+,28-,29+,30-,31-,32+,33+;/m1./s1. The average molecular weight is 695 g/mol. The first-order valence-corrected chi connectivity index (χ1v) is 18.2. The number of aliphatic hydroxyl groups excluding tert-OH is 5. The Hall–Kier alpha value is -0.130. The molecule has 47 heavy (non-hydrogen) atoms. The van der Waals surface area contributed by atoms with Crippen LogP contribution in [0.15, 0.2) is 23.0 Å². The topological polar surface area (TPSA) is 195 Å². The number of allylic oxidation sites excluding steroid dienone is 2. The zero-order valence-electron chi connectivity index (χ0n) is 28.2. The molecule has 0 bridgehead atoms. The van der Waals surface area contributed by atoms with Gasteiger partial charge in [0, 0.05) is 24.2 Å². The normalized spacial score (nSPS) is 46.7. The Morgan fingerprint density at radius 3 is 2.51 bits per heavy atom. The molecule has 0 spiro atoms. The van der Waals surface area contributed by atoms with Crippen LogP contribution in [0.4, 0.5) is 0 Å². The van der Waals surface area contributed by atoms with Crippen LogP contribution in [-0.2, 0) is 28.8 Å². The van der Waals surface area contributed by atoms with Crippen molar-refractivity contribution in [1.29, 1.82) is 0 Å². The maximum absolute atomic E-state index is 11.7. The minimum absolute atomic E-state index is 0. The van der Waals surface area contributed by atoms with Gasteiger partial charge in [-0.3, -0.25) is 4.18 Å². The summed E-state index contributed by atoms with van der Waals surface area (Å²) in [6.07, 6.45) is -0.0928. The van der Waals surface area contributed by atoms with E-state index in [-0.39, 0.29) is 71.9 Å². The van der Waals surface area contributed by atoms with Crippen molar-refractivity contribution >= 4 is 10.4 Å². The summed E-state index contributed by atoms with van der Waals surface area (Å²) in [5.41, 5.74) is 1.70. The molecule has 6 aliphatic rings. The molecule has 6 rings (SSSR count). The molecule has 0 aromatic heterocycles. The molecule has 0 amide bonds. The van der Waals surface area contributed by atoms with Crippen LogP contribution < -0.4 is 29.6 Å². The summed E-state index contributed by atoms with van der Waals surface area (Å²) in [7, 11) is -4.93. The SMILES string of the molecule is CC1=C(CCC(C)CO[C@@H]2O[C@H](CO)[C@@H](O)[C@H](O)[C@H]2O)O[C@H]2C[C@H]3[C@@H]4CC=C5C[C@@H](O)C[C@@H](OS(=O)(=O)[O-])[C@]5(C)[C@H]4CC[C@]3(C)[C@@H]12.[Na+]. The molecule has 1 unspecified atom stereocenters. The van der Waals surface area contributed by atoms with Gasteiger partial charge in [-0.1, -0.05) is 32.4 Å². The van der Waals surface area contributed by atoms with E-state index in [1.807, 2.05) is 13.8 Å². The van der Waals surface area contributed by atoms with Gasteiger partial charge < -0.3 is 44.3 Å².